The fourth-order valence-electron chi connectivity index (χ4n) is 3.55. The molecule has 2 aliphatic heterocycles. The number of hydrogen-bond donors (Lipinski definition) is 2. The Kier molecular flexibility index (Phi) is 4.43. The molecule has 0 aromatic heterocycles. The molecular formula is C20H19FN2O4. The van der Waals surface area contributed by atoms with Gasteiger partial charge in [-0.05, 0) is 35.7 Å². The summed E-state index contributed by atoms with van der Waals surface area (Å²) in [4.78, 5) is 24.7. The van der Waals surface area contributed by atoms with Gasteiger partial charge in [0.2, 0.25) is 11.8 Å². The summed E-state index contributed by atoms with van der Waals surface area (Å²) in [7, 11) is 1.59. The van der Waals surface area contributed by atoms with Crippen molar-refractivity contribution >= 4 is 17.5 Å². The van der Waals surface area contributed by atoms with E-state index in [1.807, 2.05) is 18.2 Å². The van der Waals surface area contributed by atoms with E-state index in [1.165, 1.54) is 12.1 Å². The molecule has 0 bridgehead atoms. The van der Waals surface area contributed by atoms with Gasteiger partial charge in [0.15, 0.2) is 0 Å². The van der Waals surface area contributed by atoms with Crippen molar-refractivity contribution in [1.29, 1.82) is 0 Å². The van der Waals surface area contributed by atoms with Gasteiger partial charge in [0.05, 0.1) is 19.1 Å². The molecular weight excluding hydrogens is 351 g/mol. The lowest BCUT2D eigenvalue weighted by Crippen LogP contribution is -2.45. The Morgan fingerprint density at radius 1 is 1.26 bits per heavy atom. The molecule has 6 nitrogen and oxygen atoms in total. The fraction of sp³-hybridized carbons (Fsp3) is 0.300. The molecule has 2 unspecified atom stereocenters. The van der Waals surface area contributed by atoms with Gasteiger partial charge in [0, 0.05) is 18.2 Å². The third-order valence-electron chi connectivity index (χ3n) is 4.90. The van der Waals surface area contributed by atoms with E-state index in [0.29, 0.717) is 30.0 Å². The second kappa shape index (κ2) is 6.90. The first-order chi connectivity index (χ1) is 13.0. The predicted molar refractivity (Wildman–Crippen MR) is 96.5 cm³/mol. The van der Waals surface area contributed by atoms with Gasteiger partial charge in [0.25, 0.3) is 0 Å². The van der Waals surface area contributed by atoms with Crippen molar-refractivity contribution in [3.05, 3.63) is 53.3 Å². The zero-order valence-electron chi connectivity index (χ0n) is 14.8. The molecule has 0 saturated carbocycles. The Morgan fingerprint density at radius 2 is 2.11 bits per heavy atom. The lowest BCUT2D eigenvalue weighted by Gasteiger charge is -2.30. The third-order valence-corrected chi connectivity index (χ3v) is 4.90. The lowest BCUT2D eigenvalue weighted by molar-refractivity contribution is -0.127. The first-order valence-electron chi connectivity index (χ1n) is 8.73. The van der Waals surface area contributed by atoms with Crippen LogP contribution in [0.15, 0.2) is 36.4 Å². The summed E-state index contributed by atoms with van der Waals surface area (Å²) in [6.07, 6.45) is 0.659. The van der Waals surface area contributed by atoms with Gasteiger partial charge < -0.3 is 20.1 Å². The molecule has 2 aromatic carbocycles. The molecule has 2 heterocycles. The molecule has 0 radical (unpaired) electrons. The van der Waals surface area contributed by atoms with E-state index in [0.717, 1.165) is 11.3 Å². The van der Waals surface area contributed by atoms with Crippen LogP contribution in [0.5, 0.6) is 11.5 Å². The Morgan fingerprint density at radius 3 is 2.93 bits per heavy atom. The highest BCUT2D eigenvalue weighted by molar-refractivity contribution is 6.01. The molecule has 2 N–H and O–H groups in total. The van der Waals surface area contributed by atoms with Crippen molar-refractivity contribution in [3.63, 3.8) is 0 Å². The first-order valence-corrected chi connectivity index (χ1v) is 8.73. The highest BCUT2D eigenvalue weighted by atomic mass is 19.1. The van der Waals surface area contributed by atoms with E-state index in [2.05, 4.69) is 10.6 Å². The van der Waals surface area contributed by atoms with Gasteiger partial charge in [-0.15, -0.1) is 0 Å². The van der Waals surface area contributed by atoms with Crippen LogP contribution in [0, 0.1) is 5.82 Å². The summed E-state index contributed by atoms with van der Waals surface area (Å²) in [5.74, 6) is -0.200. The normalized spacial score (nSPS) is 20.6. The number of benzene rings is 2. The van der Waals surface area contributed by atoms with Crippen molar-refractivity contribution in [2.75, 3.05) is 19.0 Å². The van der Waals surface area contributed by atoms with Crippen molar-refractivity contribution in [3.8, 4) is 11.5 Å². The van der Waals surface area contributed by atoms with E-state index in [-0.39, 0.29) is 24.3 Å². The van der Waals surface area contributed by atoms with Gasteiger partial charge in [-0.25, -0.2) is 4.39 Å². The molecule has 2 atom stereocenters. The summed E-state index contributed by atoms with van der Waals surface area (Å²) in [5.41, 5.74) is 1.95. The number of amides is 2. The highest BCUT2D eigenvalue weighted by Crippen LogP contribution is 2.34. The van der Waals surface area contributed by atoms with Crippen LogP contribution in [0.3, 0.4) is 0 Å². The van der Waals surface area contributed by atoms with Gasteiger partial charge in [-0.3, -0.25) is 9.59 Å². The van der Waals surface area contributed by atoms with E-state index < -0.39 is 11.7 Å². The minimum Gasteiger partial charge on any atom is -0.497 e. The van der Waals surface area contributed by atoms with Crippen LogP contribution in [0.2, 0.25) is 0 Å². The molecule has 7 heteroatoms. The van der Waals surface area contributed by atoms with Gasteiger partial charge in [-0.1, -0.05) is 12.1 Å². The number of anilines is 1. The quantitative estimate of drug-likeness (QED) is 0.870. The fourth-order valence-corrected chi connectivity index (χ4v) is 3.55. The van der Waals surface area contributed by atoms with Crippen LogP contribution in [0.25, 0.3) is 0 Å². The summed E-state index contributed by atoms with van der Waals surface area (Å²) in [6.45, 7) is 0.334. The SMILES string of the molecule is COc1ccc2c(c1)OCC(NC(=O)C1CC(=O)Nc3cc(F)ccc31)C2. The topological polar surface area (TPSA) is 76.7 Å². The lowest BCUT2D eigenvalue weighted by atomic mass is 9.89. The largest absolute Gasteiger partial charge is 0.497 e. The van der Waals surface area contributed by atoms with Crippen LogP contribution in [-0.2, 0) is 16.0 Å². The van der Waals surface area contributed by atoms with Crippen LogP contribution < -0.4 is 20.1 Å². The maximum absolute atomic E-state index is 13.4. The molecule has 0 saturated heterocycles. The van der Waals surface area contributed by atoms with E-state index in [4.69, 9.17) is 9.47 Å². The minimum absolute atomic E-state index is 0.0336. The summed E-state index contributed by atoms with van der Waals surface area (Å²) in [5, 5.41) is 5.58. The van der Waals surface area contributed by atoms with Crippen molar-refractivity contribution in [2.45, 2.75) is 24.8 Å². The molecule has 0 fully saturated rings. The summed E-state index contributed by atoms with van der Waals surface area (Å²) < 4.78 is 24.4. The zero-order valence-corrected chi connectivity index (χ0v) is 14.8. The van der Waals surface area contributed by atoms with Crippen molar-refractivity contribution < 1.29 is 23.5 Å². The third kappa shape index (κ3) is 3.45. The second-order valence-corrected chi connectivity index (χ2v) is 6.73. The van der Waals surface area contributed by atoms with Crippen molar-refractivity contribution in [2.24, 2.45) is 0 Å². The van der Waals surface area contributed by atoms with Crippen LogP contribution in [0.1, 0.15) is 23.5 Å². The number of fused-ring (bicyclic) bond motifs is 2. The molecule has 2 amide bonds. The Balaban J connectivity index is 1.49. The maximum Gasteiger partial charge on any atom is 0.228 e. The number of carbonyl (C=O) groups is 2. The number of hydrogen-bond acceptors (Lipinski definition) is 4. The summed E-state index contributed by atoms with van der Waals surface area (Å²) in [6, 6.07) is 9.47. The van der Waals surface area contributed by atoms with Gasteiger partial charge >= 0.3 is 0 Å². The predicted octanol–water partition coefficient (Wildman–Crippen LogP) is 2.38. The number of carbonyl (C=O) groups excluding carboxylic acids is 2. The van der Waals surface area contributed by atoms with E-state index in [9.17, 15) is 14.0 Å². The number of nitrogens with one attached hydrogen (secondary N) is 2. The molecule has 2 aromatic rings. The molecule has 140 valence electrons. The average molecular weight is 370 g/mol. The Bertz CT molecular complexity index is 915. The number of ether oxygens (including phenoxy) is 2. The van der Waals surface area contributed by atoms with Crippen LogP contribution in [-0.4, -0.2) is 31.6 Å². The van der Waals surface area contributed by atoms with Gasteiger partial charge in [-0.2, -0.15) is 0 Å². The average Bonchev–Trinajstić information content (AvgIpc) is 2.66. The first kappa shape index (κ1) is 17.3. The van der Waals surface area contributed by atoms with Gasteiger partial charge in [0.1, 0.15) is 23.9 Å². The van der Waals surface area contributed by atoms with Crippen LogP contribution in [0.4, 0.5) is 10.1 Å². The van der Waals surface area contributed by atoms with E-state index >= 15 is 0 Å². The smallest absolute Gasteiger partial charge is 0.228 e. The molecule has 0 aliphatic carbocycles. The molecule has 27 heavy (non-hydrogen) atoms. The maximum atomic E-state index is 13.4. The monoisotopic (exact) mass is 370 g/mol. The molecule has 4 rings (SSSR count). The highest BCUT2D eigenvalue weighted by Gasteiger charge is 2.33. The number of rotatable bonds is 3. The van der Waals surface area contributed by atoms with E-state index in [1.54, 1.807) is 13.2 Å². The van der Waals surface area contributed by atoms with Crippen molar-refractivity contribution in [1.82, 2.24) is 5.32 Å². The number of methoxy groups -OCH3 is 1. The Labute approximate surface area is 155 Å². The summed E-state index contributed by atoms with van der Waals surface area (Å²) >= 11 is 0. The second-order valence-electron chi connectivity index (χ2n) is 6.73. The zero-order chi connectivity index (χ0) is 19.0. The molecule has 0 spiro atoms. The Hall–Kier alpha value is -3.09. The molecule has 2 aliphatic rings. The van der Waals surface area contributed by atoms with Crippen LogP contribution >= 0.6 is 0 Å². The standard InChI is InChI=1S/C20H19FN2O4/c1-26-14-4-2-11-6-13(10-27-18(11)8-14)22-20(25)16-9-19(24)23-17-7-12(21)3-5-15(16)17/h2-5,7-8,13,16H,6,9-10H2,1H3,(H,22,25)(H,23,24). The number of halogens is 1. The minimum atomic E-state index is -0.647.